The first-order chi connectivity index (χ1) is 14.0. The molecule has 1 aromatic carbocycles. The van der Waals surface area contributed by atoms with Crippen LogP contribution < -0.4 is 14.9 Å². The fourth-order valence-corrected chi connectivity index (χ4v) is 4.28. The summed E-state index contributed by atoms with van der Waals surface area (Å²) in [5.74, 6) is 0.787. The first kappa shape index (κ1) is 21.1. The molecule has 0 atom stereocenters. The molecular weight excluding hydrogens is 388 g/mol. The fraction of sp³-hybridized carbons (Fsp3) is 0.400. The maximum atomic E-state index is 12.2. The molecule has 2 N–H and O–H groups in total. The van der Waals surface area contributed by atoms with Crippen molar-refractivity contribution in [1.29, 1.82) is 0 Å². The van der Waals surface area contributed by atoms with Crippen LogP contribution in [0.2, 0.25) is 0 Å². The minimum absolute atomic E-state index is 0.164. The smallest absolute Gasteiger partial charge is 0.242 e. The highest BCUT2D eigenvalue weighted by Gasteiger charge is 2.20. The predicted octanol–water partition coefficient (Wildman–Crippen LogP) is 1.07. The number of aryl methyl sites for hydroxylation is 1. The maximum Gasteiger partial charge on any atom is 0.242 e. The molecule has 0 aliphatic carbocycles. The van der Waals surface area contributed by atoms with E-state index in [2.05, 4.69) is 61.0 Å². The van der Waals surface area contributed by atoms with Gasteiger partial charge in [-0.25, -0.2) is 13.1 Å². The quantitative estimate of drug-likeness (QED) is 0.416. The minimum Gasteiger partial charge on any atom is -0.368 e. The fourth-order valence-electron chi connectivity index (χ4n) is 3.28. The number of nitrogens with one attached hydrogen (secondary N) is 2. The number of aliphatic imine (C=N–C) groups is 1. The van der Waals surface area contributed by atoms with Crippen molar-refractivity contribution in [2.45, 2.75) is 11.8 Å². The molecule has 8 nitrogen and oxygen atoms in total. The zero-order chi connectivity index (χ0) is 20.7. The van der Waals surface area contributed by atoms with Crippen molar-refractivity contribution in [3.8, 4) is 0 Å². The number of nitrogens with zero attached hydrogens (tertiary/aromatic N) is 4. The van der Waals surface area contributed by atoms with E-state index in [9.17, 15) is 8.42 Å². The Kier molecular flexibility index (Phi) is 7.05. The number of rotatable bonds is 6. The summed E-state index contributed by atoms with van der Waals surface area (Å²) in [7, 11) is -1.80. The van der Waals surface area contributed by atoms with Crippen LogP contribution in [0.3, 0.4) is 0 Å². The van der Waals surface area contributed by atoms with Crippen LogP contribution in [0.25, 0.3) is 0 Å². The molecule has 1 aliphatic rings. The number of aromatic nitrogens is 1. The monoisotopic (exact) mass is 416 g/mol. The molecule has 1 saturated heterocycles. The second kappa shape index (κ2) is 9.71. The van der Waals surface area contributed by atoms with Gasteiger partial charge in [-0.1, -0.05) is 12.1 Å². The molecule has 0 amide bonds. The Hall–Kier alpha value is -2.65. The largest absolute Gasteiger partial charge is 0.368 e. The first-order valence-corrected chi connectivity index (χ1v) is 11.1. The molecule has 0 saturated carbocycles. The number of sulfonamides is 1. The summed E-state index contributed by atoms with van der Waals surface area (Å²) in [5, 5.41) is 3.24. The van der Waals surface area contributed by atoms with Crippen molar-refractivity contribution in [2.75, 3.05) is 51.2 Å². The summed E-state index contributed by atoms with van der Waals surface area (Å²) in [5.41, 5.74) is 2.51. The lowest BCUT2D eigenvalue weighted by Gasteiger charge is -2.37. The van der Waals surface area contributed by atoms with E-state index in [0.29, 0.717) is 6.54 Å². The van der Waals surface area contributed by atoms with Crippen LogP contribution in [0.4, 0.5) is 5.69 Å². The van der Waals surface area contributed by atoms with Gasteiger partial charge in [0.25, 0.3) is 0 Å². The van der Waals surface area contributed by atoms with Gasteiger partial charge < -0.3 is 15.1 Å². The molecule has 156 valence electrons. The van der Waals surface area contributed by atoms with Crippen LogP contribution in [0, 0.1) is 6.92 Å². The third-order valence-corrected chi connectivity index (χ3v) is 6.25. The third-order valence-electron chi connectivity index (χ3n) is 4.80. The summed E-state index contributed by atoms with van der Waals surface area (Å²) < 4.78 is 27.0. The number of hydrogen-bond acceptors (Lipinski definition) is 5. The van der Waals surface area contributed by atoms with Crippen LogP contribution in [-0.4, -0.2) is 70.6 Å². The number of benzene rings is 1. The van der Waals surface area contributed by atoms with E-state index < -0.39 is 10.0 Å². The van der Waals surface area contributed by atoms with Crippen LogP contribution in [0.15, 0.2) is 58.7 Å². The van der Waals surface area contributed by atoms with E-state index in [1.807, 2.05) is 0 Å². The number of anilines is 1. The van der Waals surface area contributed by atoms with Gasteiger partial charge in [0.15, 0.2) is 5.96 Å². The molecule has 1 aromatic heterocycles. The topological polar surface area (TPSA) is 89.9 Å². The van der Waals surface area contributed by atoms with Gasteiger partial charge in [-0.05, 0) is 36.8 Å². The van der Waals surface area contributed by atoms with Gasteiger partial charge in [0.05, 0.1) is 0 Å². The van der Waals surface area contributed by atoms with E-state index in [0.717, 1.165) is 32.1 Å². The lowest BCUT2D eigenvalue weighted by atomic mass is 10.2. The van der Waals surface area contributed by atoms with Gasteiger partial charge >= 0.3 is 0 Å². The Morgan fingerprint density at radius 2 is 1.93 bits per heavy atom. The highest BCUT2D eigenvalue weighted by molar-refractivity contribution is 7.89. The van der Waals surface area contributed by atoms with Crippen molar-refractivity contribution in [3.63, 3.8) is 0 Å². The summed E-state index contributed by atoms with van der Waals surface area (Å²) in [6, 6.07) is 11.7. The molecule has 3 rings (SSSR count). The second-order valence-corrected chi connectivity index (χ2v) is 8.64. The van der Waals surface area contributed by atoms with E-state index in [-0.39, 0.29) is 11.4 Å². The standard InChI is InChI=1S/C20H28N6O2S/c1-17-5-3-6-18(15-17)25-11-13-26(14-12-25)20(21-2)23-9-10-24-29(27,28)19-7-4-8-22-16-19/h3-8,15-16,24H,9-14H2,1-2H3,(H,21,23). The average Bonchev–Trinajstić information content (AvgIpc) is 2.75. The number of pyridine rings is 1. The highest BCUT2D eigenvalue weighted by atomic mass is 32.2. The summed E-state index contributed by atoms with van der Waals surface area (Å²) in [4.78, 5) is 12.9. The molecule has 0 bridgehead atoms. The Morgan fingerprint density at radius 1 is 1.14 bits per heavy atom. The molecule has 0 unspecified atom stereocenters. The summed E-state index contributed by atoms with van der Waals surface area (Å²) in [6.45, 7) is 6.36. The summed E-state index contributed by atoms with van der Waals surface area (Å²) in [6.07, 6.45) is 2.88. The van der Waals surface area contributed by atoms with Gasteiger partial charge in [0.2, 0.25) is 10.0 Å². The van der Waals surface area contributed by atoms with E-state index in [1.54, 1.807) is 19.3 Å². The van der Waals surface area contributed by atoms with E-state index >= 15 is 0 Å². The molecule has 2 heterocycles. The van der Waals surface area contributed by atoms with Gasteiger partial charge in [0.1, 0.15) is 4.90 Å². The van der Waals surface area contributed by atoms with Crippen LogP contribution >= 0.6 is 0 Å². The van der Waals surface area contributed by atoms with E-state index in [4.69, 9.17) is 0 Å². The van der Waals surface area contributed by atoms with Crippen molar-refractivity contribution >= 4 is 21.7 Å². The lowest BCUT2D eigenvalue weighted by Crippen LogP contribution is -2.53. The maximum absolute atomic E-state index is 12.2. The molecule has 0 spiro atoms. The molecule has 2 aromatic rings. The normalized spacial score (nSPS) is 15.4. The molecule has 1 fully saturated rings. The van der Waals surface area contributed by atoms with Gasteiger partial charge in [-0.2, -0.15) is 0 Å². The molecule has 9 heteroatoms. The van der Waals surface area contributed by atoms with Crippen molar-refractivity contribution in [2.24, 2.45) is 4.99 Å². The number of hydrogen-bond donors (Lipinski definition) is 2. The Labute approximate surface area is 172 Å². The highest BCUT2D eigenvalue weighted by Crippen LogP contribution is 2.17. The molecular formula is C20H28N6O2S. The molecule has 1 aliphatic heterocycles. The first-order valence-electron chi connectivity index (χ1n) is 9.66. The van der Waals surface area contributed by atoms with Gasteiger partial charge in [-0.3, -0.25) is 9.98 Å². The SMILES string of the molecule is CN=C(NCCNS(=O)(=O)c1cccnc1)N1CCN(c2cccc(C)c2)CC1. The van der Waals surface area contributed by atoms with Gasteiger partial charge in [-0.15, -0.1) is 0 Å². The van der Waals surface area contributed by atoms with Crippen molar-refractivity contribution in [3.05, 3.63) is 54.4 Å². The van der Waals surface area contributed by atoms with Crippen LogP contribution in [-0.2, 0) is 10.0 Å². The van der Waals surface area contributed by atoms with E-state index in [1.165, 1.54) is 23.5 Å². The Morgan fingerprint density at radius 3 is 2.59 bits per heavy atom. The van der Waals surface area contributed by atoms with Crippen LogP contribution in [0.5, 0.6) is 0 Å². The summed E-state index contributed by atoms with van der Waals surface area (Å²) >= 11 is 0. The van der Waals surface area contributed by atoms with Crippen molar-refractivity contribution < 1.29 is 8.42 Å². The average molecular weight is 417 g/mol. The predicted molar refractivity (Wildman–Crippen MR) is 116 cm³/mol. The minimum atomic E-state index is -3.54. The zero-order valence-electron chi connectivity index (χ0n) is 16.9. The Bertz CT molecular complexity index is 925. The molecule has 29 heavy (non-hydrogen) atoms. The zero-order valence-corrected chi connectivity index (χ0v) is 17.7. The van der Waals surface area contributed by atoms with Crippen molar-refractivity contribution in [1.82, 2.24) is 19.9 Å². The third kappa shape index (κ3) is 5.68. The number of piperazine rings is 1. The Balaban J connectivity index is 1.45. The second-order valence-electron chi connectivity index (χ2n) is 6.87. The number of guanidine groups is 1. The van der Waals surface area contributed by atoms with Crippen LogP contribution in [0.1, 0.15) is 5.56 Å². The lowest BCUT2D eigenvalue weighted by molar-refractivity contribution is 0.373. The molecule has 0 radical (unpaired) electrons. The van der Waals surface area contributed by atoms with Gasteiger partial charge in [0, 0.05) is 64.4 Å².